The van der Waals surface area contributed by atoms with Gasteiger partial charge in [0.25, 0.3) is 0 Å². The lowest BCUT2D eigenvalue weighted by molar-refractivity contribution is 0.139. The fraction of sp³-hybridized carbons (Fsp3) is 0.364. The molecule has 3 heteroatoms. The van der Waals surface area contributed by atoms with Crippen molar-refractivity contribution in [3.63, 3.8) is 0 Å². The number of furan rings is 1. The average molecular weight is 337 g/mol. The van der Waals surface area contributed by atoms with Crippen LogP contribution in [0.2, 0.25) is 0 Å². The minimum atomic E-state index is -0.655. The van der Waals surface area contributed by atoms with Gasteiger partial charge >= 0.3 is 0 Å². The Balaban J connectivity index is 1.86. The fourth-order valence-corrected chi connectivity index (χ4v) is 3.05. The van der Waals surface area contributed by atoms with Gasteiger partial charge in [-0.05, 0) is 45.2 Å². The maximum atomic E-state index is 10.7. The zero-order valence-electron chi connectivity index (χ0n) is 15.3. The van der Waals surface area contributed by atoms with Crippen LogP contribution in [-0.4, -0.2) is 17.2 Å². The van der Waals surface area contributed by atoms with Crippen molar-refractivity contribution in [1.82, 2.24) is 5.32 Å². The first-order valence-corrected chi connectivity index (χ1v) is 8.91. The van der Waals surface area contributed by atoms with Crippen molar-refractivity contribution in [3.8, 4) is 0 Å². The van der Waals surface area contributed by atoms with E-state index in [-0.39, 0.29) is 5.54 Å². The van der Waals surface area contributed by atoms with Gasteiger partial charge in [-0.15, -0.1) is 0 Å². The normalized spacial score (nSPS) is 13.3. The van der Waals surface area contributed by atoms with Gasteiger partial charge in [0, 0.05) is 23.0 Å². The molecule has 2 aromatic carbocycles. The molecule has 0 fully saturated rings. The summed E-state index contributed by atoms with van der Waals surface area (Å²) in [5.41, 5.74) is 3.20. The predicted molar refractivity (Wildman–Crippen MR) is 103 cm³/mol. The number of para-hydroxylation sites is 1. The van der Waals surface area contributed by atoms with E-state index in [1.807, 2.05) is 24.3 Å². The van der Waals surface area contributed by atoms with Gasteiger partial charge in [-0.3, -0.25) is 0 Å². The van der Waals surface area contributed by atoms with Gasteiger partial charge in [-0.1, -0.05) is 48.5 Å². The summed E-state index contributed by atoms with van der Waals surface area (Å²) in [6.07, 6.45) is 1.12. The van der Waals surface area contributed by atoms with Crippen molar-refractivity contribution in [2.45, 2.75) is 45.3 Å². The molecular formula is C22H27NO2. The minimum absolute atomic E-state index is 0.0444. The van der Waals surface area contributed by atoms with E-state index < -0.39 is 6.10 Å². The molecule has 0 bridgehead atoms. The standard InChI is InChI=1S/C22H27NO2/c1-22(2,3)23-15-19(24)21-18(14-13-16-9-5-4-6-10-16)17-11-7-8-12-20(17)25-21/h4-12,19,23-24H,13-15H2,1-3H3. The zero-order chi connectivity index (χ0) is 17.9. The molecule has 1 aromatic heterocycles. The Kier molecular flexibility index (Phi) is 5.26. The number of hydrogen-bond donors (Lipinski definition) is 2. The molecule has 0 radical (unpaired) electrons. The van der Waals surface area contributed by atoms with E-state index in [1.165, 1.54) is 5.56 Å². The SMILES string of the molecule is CC(C)(C)NCC(O)c1oc2ccccc2c1CCc1ccccc1. The highest BCUT2D eigenvalue weighted by Gasteiger charge is 2.22. The van der Waals surface area contributed by atoms with Crippen LogP contribution in [0.5, 0.6) is 0 Å². The summed E-state index contributed by atoms with van der Waals surface area (Å²) < 4.78 is 6.02. The number of fused-ring (bicyclic) bond motifs is 1. The lowest BCUT2D eigenvalue weighted by atomic mass is 9.99. The predicted octanol–water partition coefficient (Wildman–Crippen LogP) is 4.64. The monoisotopic (exact) mass is 337 g/mol. The summed E-state index contributed by atoms with van der Waals surface area (Å²) in [7, 11) is 0. The van der Waals surface area contributed by atoms with Crippen LogP contribution in [-0.2, 0) is 12.8 Å². The van der Waals surface area contributed by atoms with Gasteiger partial charge in [-0.25, -0.2) is 0 Å². The first-order valence-electron chi connectivity index (χ1n) is 8.91. The largest absolute Gasteiger partial charge is 0.458 e. The first-order chi connectivity index (χ1) is 11.9. The summed E-state index contributed by atoms with van der Waals surface area (Å²) in [5.74, 6) is 0.689. The van der Waals surface area contributed by atoms with Gasteiger partial charge in [0.05, 0.1) is 0 Å². The molecule has 0 aliphatic rings. The van der Waals surface area contributed by atoms with Crippen molar-refractivity contribution < 1.29 is 9.52 Å². The van der Waals surface area contributed by atoms with Crippen LogP contribution in [0.3, 0.4) is 0 Å². The maximum absolute atomic E-state index is 10.7. The average Bonchev–Trinajstić information content (AvgIpc) is 2.97. The topological polar surface area (TPSA) is 45.4 Å². The molecule has 3 aromatic rings. The Morgan fingerprint density at radius 1 is 0.960 bits per heavy atom. The van der Waals surface area contributed by atoms with Crippen molar-refractivity contribution in [3.05, 3.63) is 71.5 Å². The molecule has 0 saturated heterocycles. The van der Waals surface area contributed by atoms with E-state index in [9.17, 15) is 5.11 Å². The summed E-state index contributed by atoms with van der Waals surface area (Å²) in [6, 6.07) is 18.5. The van der Waals surface area contributed by atoms with E-state index in [4.69, 9.17) is 4.42 Å². The second-order valence-electron chi connectivity index (χ2n) is 7.57. The molecule has 2 N–H and O–H groups in total. The Labute approximate surface area is 149 Å². The van der Waals surface area contributed by atoms with E-state index >= 15 is 0 Å². The summed E-state index contributed by atoms with van der Waals surface area (Å²) >= 11 is 0. The number of aliphatic hydroxyl groups excluding tert-OH is 1. The Hall–Kier alpha value is -2.10. The molecular weight excluding hydrogens is 310 g/mol. The third-order valence-electron chi connectivity index (χ3n) is 4.36. The van der Waals surface area contributed by atoms with Gasteiger partial charge in [0.2, 0.25) is 0 Å². The van der Waals surface area contributed by atoms with E-state index in [1.54, 1.807) is 0 Å². The number of aryl methyl sites for hydroxylation is 2. The molecule has 1 heterocycles. The van der Waals surface area contributed by atoms with Crippen molar-refractivity contribution in [1.29, 1.82) is 0 Å². The molecule has 3 nitrogen and oxygen atoms in total. The zero-order valence-corrected chi connectivity index (χ0v) is 15.3. The maximum Gasteiger partial charge on any atom is 0.138 e. The Morgan fingerprint density at radius 2 is 1.64 bits per heavy atom. The van der Waals surface area contributed by atoms with Gasteiger partial charge in [0.1, 0.15) is 17.4 Å². The second-order valence-corrected chi connectivity index (χ2v) is 7.57. The molecule has 25 heavy (non-hydrogen) atoms. The fourth-order valence-electron chi connectivity index (χ4n) is 3.05. The highest BCUT2D eigenvalue weighted by molar-refractivity contribution is 5.82. The first kappa shape index (κ1) is 17.7. The molecule has 132 valence electrons. The number of hydrogen-bond acceptors (Lipinski definition) is 3. The van der Waals surface area contributed by atoms with Crippen molar-refractivity contribution in [2.75, 3.05) is 6.54 Å². The van der Waals surface area contributed by atoms with Crippen molar-refractivity contribution in [2.24, 2.45) is 0 Å². The van der Waals surface area contributed by atoms with Crippen LogP contribution < -0.4 is 5.32 Å². The molecule has 0 aliphatic heterocycles. The molecule has 0 spiro atoms. The van der Waals surface area contributed by atoms with Crippen LogP contribution >= 0.6 is 0 Å². The molecule has 1 atom stereocenters. The third-order valence-corrected chi connectivity index (χ3v) is 4.36. The lowest BCUT2D eigenvalue weighted by Crippen LogP contribution is -2.38. The van der Waals surface area contributed by atoms with E-state index in [2.05, 4.69) is 56.4 Å². The number of aliphatic hydroxyl groups is 1. The smallest absolute Gasteiger partial charge is 0.138 e. The molecule has 0 amide bonds. The van der Waals surface area contributed by atoms with E-state index in [0.717, 1.165) is 29.4 Å². The lowest BCUT2D eigenvalue weighted by Gasteiger charge is -2.22. The van der Waals surface area contributed by atoms with E-state index in [0.29, 0.717) is 12.3 Å². The second kappa shape index (κ2) is 7.42. The summed E-state index contributed by atoms with van der Waals surface area (Å²) in [6.45, 7) is 6.75. The van der Waals surface area contributed by atoms with Gasteiger partial charge in [-0.2, -0.15) is 0 Å². The highest BCUT2D eigenvalue weighted by atomic mass is 16.4. The Bertz CT molecular complexity index is 815. The quantitative estimate of drug-likeness (QED) is 0.689. The van der Waals surface area contributed by atoms with Gasteiger partial charge < -0.3 is 14.8 Å². The number of rotatable bonds is 6. The molecule has 0 saturated carbocycles. The van der Waals surface area contributed by atoms with Crippen LogP contribution in [0, 0.1) is 0 Å². The van der Waals surface area contributed by atoms with Crippen LogP contribution in [0.4, 0.5) is 0 Å². The minimum Gasteiger partial charge on any atom is -0.458 e. The van der Waals surface area contributed by atoms with Gasteiger partial charge in [0.15, 0.2) is 0 Å². The molecule has 0 aliphatic carbocycles. The molecule has 3 rings (SSSR count). The number of β-amino-alcohol motifs (C(OH)–C–C–N with tert-alkyl or cyclic N) is 1. The third kappa shape index (κ3) is 4.50. The van der Waals surface area contributed by atoms with Crippen LogP contribution in [0.25, 0.3) is 11.0 Å². The van der Waals surface area contributed by atoms with Crippen LogP contribution in [0.1, 0.15) is 43.8 Å². The number of benzene rings is 2. The van der Waals surface area contributed by atoms with Crippen LogP contribution in [0.15, 0.2) is 59.0 Å². The summed E-state index contributed by atoms with van der Waals surface area (Å²) in [4.78, 5) is 0. The summed E-state index contributed by atoms with van der Waals surface area (Å²) in [5, 5.41) is 15.2. The Morgan fingerprint density at radius 3 is 2.36 bits per heavy atom. The number of nitrogens with one attached hydrogen (secondary N) is 1. The highest BCUT2D eigenvalue weighted by Crippen LogP contribution is 2.31. The van der Waals surface area contributed by atoms with Crippen molar-refractivity contribution >= 4 is 11.0 Å². The molecule has 1 unspecified atom stereocenters.